The van der Waals surface area contributed by atoms with Gasteiger partial charge in [-0.2, -0.15) is 4.98 Å². The molecule has 4 rings (SSSR count). The van der Waals surface area contributed by atoms with Crippen molar-refractivity contribution in [3.8, 4) is 5.75 Å². The molecule has 0 bridgehead atoms. The highest BCUT2D eigenvalue weighted by Gasteiger charge is 2.20. The number of ether oxygens (including phenoxy) is 1. The van der Waals surface area contributed by atoms with Crippen LogP contribution >= 0.6 is 0 Å². The quantitative estimate of drug-likeness (QED) is 0.279. The molecule has 0 radical (unpaired) electrons. The molecule has 1 aromatic heterocycles. The Morgan fingerprint density at radius 1 is 1.05 bits per heavy atom. The lowest BCUT2D eigenvalue weighted by atomic mass is 10.2. The average Bonchev–Trinajstić information content (AvgIpc) is 2.89. The fourth-order valence-corrected chi connectivity index (χ4v) is 5.10. The molecule has 1 saturated heterocycles. The standard InChI is InChI=1S/C24H30N8O5S/c1-3-27-38(35,36)21-7-5-4-6-18(21)29-24-26-16-25-23(30-24)28-17-8-9-19(20(14-17)37-15-22(33)34)32-12-10-31(2)11-13-32/h4-9,14,16,27H,3,10-13,15H2,1-2H3,(H,33,34)(H2,25,26,28,29,30). The summed E-state index contributed by atoms with van der Waals surface area (Å²) in [5.74, 6) is -0.307. The summed E-state index contributed by atoms with van der Waals surface area (Å²) >= 11 is 0. The highest BCUT2D eigenvalue weighted by molar-refractivity contribution is 7.89. The number of hydrogen-bond acceptors (Lipinski definition) is 11. The van der Waals surface area contributed by atoms with Gasteiger partial charge in [0.25, 0.3) is 0 Å². The normalized spacial score (nSPS) is 14.2. The maximum absolute atomic E-state index is 12.6. The number of anilines is 5. The first-order valence-electron chi connectivity index (χ1n) is 12.0. The number of hydrogen-bond donors (Lipinski definition) is 4. The summed E-state index contributed by atoms with van der Waals surface area (Å²) in [7, 11) is -1.66. The third-order valence-electron chi connectivity index (χ3n) is 5.74. The Kier molecular flexibility index (Phi) is 8.55. The van der Waals surface area contributed by atoms with Crippen LogP contribution in [0, 0.1) is 0 Å². The summed E-state index contributed by atoms with van der Waals surface area (Å²) in [6.45, 7) is 4.84. The summed E-state index contributed by atoms with van der Waals surface area (Å²) < 4.78 is 33.2. The summed E-state index contributed by atoms with van der Waals surface area (Å²) in [4.78, 5) is 28.2. The van der Waals surface area contributed by atoms with Gasteiger partial charge in [0, 0.05) is 44.5 Å². The van der Waals surface area contributed by atoms with Gasteiger partial charge in [0.05, 0.1) is 11.4 Å². The molecular formula is C24H30N8O5S. The largest absolute Gasteiger partial charge is 0.480 e. The number of carboxylic acid groups (broad SMARTS) is 1. The Labute approximate surface area is 220 Å². The van der Waals surface area contributed by atoms with Gasteiger partial charge in [0.2, 0.25) is 21.9 Å². The van der Waals surface area contributed by atoms with Gasteiger partial charge in [-0.1, -0.05) is 19.1 Å². The number of benzene rings is 2. The minimum Gasteiger partial charge on any atom is -0.480 e. The molecule has 14 heteroatoms. The van der Waals surface area contributed by atoms with Crippen molar-refractivity contribution in [3.63, 3.8) is 0 Å². The molecule has 2 heterocycles. The van der Waals surface area contributed by atoms with Crippen LogP contribution in [0.4, 0.5) is 29.0 Å². The molecule has 1 aliphatic heterocycles. The Morgan fingerprint density at radius 2 is 1.76 bits per heavy atom. The van der Waals surface area contributed by atoms with Crippen molar-refractivity contribution in [2.45, 2.75) is 11.8 Å². The molecule has 0 atom stereocenters. The Balaban J connectivity index is 1.55. The molecule has 2 aromatic carbocycles. The first-order chi connectivity index (χ1) is 18.2. The number of rotatable bonds is 11. The molecule has 0 saturated carbocycles. The van der Waals surface area contributed by atoms with E-state index in [0.29, 0.717) is 17.1 Å². The average molecular weight is 543 g/mol. The molecule has 202 valence electrons. The van der Waals surface area contributed by atoms with Crippen molar-refractivity contribution in [2.75, 3.05) is 61.9 Å². The van der Waals surface area contributed by atoms with Crippen LogP contribution in [-0.4, -0.2) is 85.7 Å². The molecule has 0 spiro atoms. The number of nitrogens with one attached hydrogen (secondary N) is 3. The van der Waals surface area contributed by atoms with E-state index in [9.17, 15) is 13.2 Å². The van der Waals surface area contributed by atoms with Gasteiger partial charge in [0.15, 0.2) is 6.61 Å². The molecule has 0 unspecified atom stereocenters. The fraction of sp³-hybridized carbons (Fsp3) is 0.333. The van der Waals surface area contributed by atoms with E-state index in [0.717, 1.165) is 31.9 Å². The van der Waals surface area contributed by atoms with Crippen molar-refractivity contribution in [3.05, 3.63) is 48.8 Å². The lowest BCUT2D eigenvalue weighted by molar-refractivity contribution is -0.139. The van der Waals surface area contributed by atoms with E-state index in [2.05, 4.69) is 47.2 Å². The van der Waals surface area contributed by atoms with Crippen molar-refractivity contribution in [1.82, 2.24) is 24.6 Å². The topological polar surface area (TPSA) is 162 Å². The van der Waals surface area contributed by atoms with Gasteiger partial charge >= 0.3 is 5.97 Å². The third-order valence-corrected chi connectivity index (χ3v) is 7.34. The number of sulfonamides is 1. The SMILES string of the molecule is CCNS(=O)(=O)c1ccccc1Nc1ncnc(Nc2ccc(N3CCN(C)CC3)c(OCC(=O)O)c2)n1. The zero-order valence-corrected chi connectivity index (χ0v) is 21.9. The van der Waals surface area contributed by atoms with E-state index in [1.807, 2.05) is 12.1 Å². The fourth-order valence-electron chi connectivity index (χ4n) is 3.89. The van der Waals surface area contributed by atoms with Crippen LogP contribution in [0.25, 0.3) is 0 Å². The second kappa shape index (κ2) is 12.0. The number of para-hydroxylation sites is 1. The number of aliphatic carboxylic acids is 1. The number of likely N-dealkylation sites (N-methyl/N-ethyl adjacent to an activating group) is 1. The van der Waals surface area contributed by atoms with Crippen LogP contribution < -0.4 is 25.0 Å². The Bertz CT molecular complexity index is 1380. The molecule has 38 heavy (non-hydrogen) atoms. The maximum atomic E-state index is 12.6. The number of aromatic nitrogens is 3. The predicted molar refractivity (Wildman–Crippen MR) is 143 cm³/mol. The van der Waals surface area contributed by atoms with Crippen LogP contribution in [0.15, 0.2) is 53.7 Å². The zero-order chi connectivity index (χ0) is 27.1. The molecule has 3 aromatic rings. The van der Waals surface area contributed by atoms with Gasteiger partial charge in [-0.25, -0.2) is 27.9 Å². The zero-order valence-electron chi connectivity index (χ0n) is 21.1. The summed E-state index contributed by atoms with van der Waals surface area (Å²) in [6, 6.07) is 11.8. The van der Waals surface area contributed by atoms with Crippen molar-refractivity contribution < 1.29 is 23.1 Å². The summed E-state index contributed by atoms with van der Waals surface area (Å²) in [6.07, 6.45) is 1.29. The highest BCUT2D eigenvalue weighted by atomic mass is 32.2. The Morgan fingerprint density at radius 3 is 2.47 bits per heavy atom. The lowest BCUT2D eigenvalue weighted by Gasteiger charge is -2.35. The molecule has 1 fully saturated rings. The predicted octanol–water partition coefficient (Wildman–Crippen LogP) is 1.87. The van der Waals surface area contributed by atoms with Crippen molar-refractivity contribution >= 4 is 45.0 Å². The minimum atomic E-state index is -3.71. The van der Waals surface area contributed by atoms with E-state index in [-0.39, 0.29) is 23.3 Å². The third kappa shape index (κ3) is 6.85. The van der Waals surface area contributed by atoms with Gasteiger partial charge in [-0.15, -0.1) is 0 Å². The first kappa shape index (κ1) is 27.0. The van der Waals surface area contributed by atoms with Crippen LogP contribution in [0.5, 0.6) is 5.75 Å². The summed E-state index contributed by atoms with van der Waals surface area (Å²) in [5, 5.41) is 15.1. The molecular weight excluding hydrogens is 512 g/mol. The van der Waals surface area contributed by atoms with Gasteiger partial charge in [-0.3, -0.25) is 0 Å². The second-order valence-corrected chi connectivity index (χ2v) is 10.3. The van der Waals surface area contributed by atoms with Crippen LogP contribution in [0.2, 0.25) is 0 Å². The molecule has 0 aliphatic carbocycles. The van der Waals surface area contributed by atoms with Crippen LogP contribution in [0.1, 0.15) is 6.92 Å². The number of nitrogens with zero attached hydrogens (tertiary/aromatic N) is 5. The lowest BCUT2D eigenvalue weighted by Crippen LogP contribution is -2.44. The second-order valence-electron chi connectivity index (χ2n) is 8.54. The number of piperazine rings is 1. The van der Waals surface area contributed by atoms with E-state index < -0.39 is 22.6 Å². The minimum absolute atomic E-state index is 0.0662. The first-order valence-corrected chi connectivity index (χ1v) is 13.5. The number of carbonyl (C=O) groups is 1. The van der Waals surface area contributed by atoms with Crippen LogP contribution in [-0.2, 0) is 14.8 Å². The molecule has 13 nitrogen and oxygen atoms in total. The van der Waals surface area contributed by atoms with E-state index in [1.54, 1.807) is 31.2 Å². The molecule has 0 amide bonds. The highest BCUT2D eigenvalue weighted by Crippen LogP contribution is 2.33. The number of carboxylic acids is 1. The maximum Gasteiger partial charge on any atom is 0.341 e. The summed E-state index contributed by atoms with van der Waals surface area (Å²) in [5.41, 5.74) is 1.70. The van der Waals surface area contributed by atoms with Crippen molar-refractivity contribution in [1.29, 1.82) is 0 Å². The van der Waals surface area contributed by atoms with Gasteiger partial charge in [-0.05, 0) is 31.3 Å². The van der Waals surface area contributed by atoms with Crippen molar-refractivity contribution in [2.24, 2.45) is 0 Å². The smallest absolute Gasteiger partial charge is 0.341 e. The van der Waals surface area contributed by atoms with E-state index in [1.165, 1.54) is 12.4 Å². The van der Waals surface area contributed by atoms with E-state index in [4.69, 9.17) is 9.84 Å². The van der Waals surface area contributed by atoms with Crippen LogP contribution in [0.3, 0.4) is 0 Å². The van der Waals surface area contributed by atoms with Gasteiger partial charge in [0.1, 0.15) is 17.0 Å². The molecule has 4 N–H and O–H groups in total. The Hall–Kier alpha value is -4.01. The monoisotopic (exact) mass is 542 g/mol. The van der Waals surface area contributed by atoms with Gasteiger partial charge < -0.3 is 30.3 Å². The van der Waals surface area contributed by atoms with E-state index >= 15 is 0 Å². The molecule has 1 aliphatic rings.